The number of nitrogens with two attached hydrogens (primary N) is 2. The first kappa shape index (κ1) is 13.7. The molecule has 5 nitrogen and oxygen atoms in total. The van der Waals surface area contributed by atoms with Crippen molar-refractivity contribution in [2.24, 2.45) is 0 Å². The van der Waals surface area contributed by atoms with Crippen LogP contribution in [0.1, 0.15) is 36.5 Å². The van der Waals surface area contributed by atoms with Crippen molar-refractivity contribution in [3.05, 3.63) is 23.8 Å². The fourth-order valence-corrected chi connectivity index (χ4v) is 2.45. The molecular weight excluding hydrogens is 242 g/mol. The monoisotopic (exact) mass is 263 g/mol. The summed E-state index contributed by atoms with van der Waals surface area (Å²) in [6, 6.07) is 4.91. The fraction of sp³-hybridized carbons (Fsp3) is 0.500. The summed E-state index contributed by atoms with van der Waals surface area (Å²) in [6.45, 7) is 3.03. The SMILES string of the molecule is CC1(O)CCCN(C(=O)c2cc(N)cc(N)c2)CC1. The van der Waals surface area contributed by atoms with E-state index in [1.54, 1.807) is 23.1 Å². The Kier molecular flexibility index (Phi) is 3.66. The lowest BCUT2D eigenvalue weighted by Gasteiger charge is -2.22. The second kappa shape index (κ2) is 5.09. The van der Waals surface area contributed by atoms with Gasteiger partial charge in [-0.15, -0.1) is 0 Å². The molecule has 0 aliphatic carbocycles. The van der Waals surface area contributed by atoms with Crippen LogP contribution in [0.3, 0.4) is 0 Å². The highest BCUT2D eigenvalue weighted by Crippen LogP contribution is 2.23. The number of aliphatic hydroxyl groups is 1. The quantitative estimate of drug-likeness (QED) is 0.664. The lowest BCUT2D eigenvalue weighted by molar-refractivity contribution is 0.0438. The third-order valence-electron chi connectivity index (χ3n) is 3.58. The molecule has 1 aromatic carbocycles. The van der Waals surface area contributed by atoms with Gasteiger partial charge in [0.25, 0.3) is 5.91 Å². The minimum atomic E-state index is -0.677. The molecule has 1 aromatic rings. The first-order valence-electron chi connectivity index (χ1n) is 6.55. The Morgan fingerprint density at radius 3 is 2.47 bits per heavy atom. The maximum atomic E-state index is 12.4. The highest BCUT2D eigenvalue weighted by Gasteiger charge is 2.27. The Bertz CT molecular complexity index is 465. The maximum absolute atomic E-state index is 12.4. The Morgan fingerprint density at radius 1 is 1.21 bits per heavy atom. The van der Waals surface area contributed by atoms with Gasteiger partial charge >= 0.3 is 0 Å². The van der Waals surface area contributed by atoms with Gasteiger partial charge in [-0.2, -0.15) is 0 Å². The van der Waals surface area contributed by atoms with Crippen LogP contribution in [0.2, 0.25) is 0 Å². The first-order valence-corrected chi connectivity index (χ1v) is 6.55. The summed E-state index contributed by atoms with van der Waals surface area (Å²) >= 11 is 0. The number of anilines is 2. The number of rotatable bonds is 1. The molecule has 0 radical (unpaired) electrons. The topological polar surface area (TPSA) is 92.6 Å². The zero-order valence-corrected chi connectivity index (χ0v) is 11.2. The van der Waals surface area contributed by atoms with Crippen molar-refractivity contribution >= 4 is 17.3 Å². The van der Waals surface area contributed by atoms with E-state index in [9.17, 15) is 9.90 Å². The molecule has 1 amide bonds. The summed E-state index contributed by atoms with van der Waals surface area (Å²) in [5.41, 5.74) is 12.2. The van der Waals surface area contributed by atoms with Crippen molar-refractivity contribution in [3.63, 3.8) is 0 Å². The van der Waals surface area contributed by atoms with Gasteiger partial charge in [0, 0.05) is 30.0 Å². The average Bonchev–Trinajstić information content (AvgIpc) is 2.48. The third-order valence-corrected chi connectivity index (χ3v) is 3.58. The Hall–Kier alpha value is -1.75. The standard InChI is InChI=1S/C14H21N3O2/c1-14(19)3-2-5-17(6-4-14)13(18)10-7-11(15)9-12(16)8-10/h7-9,19H,2-6,15-16H2,1H3. The van der Waals surface area contributed by atoms with Crippen molar-refractivity contribution < 1.29 is 9.90 Å². The van der Waals surface area contributed by atoms with Gasteiger partial charge in [0.2, 0.25) is 0 Å². The minimum Gasteiger partial charge on any atom is -0.399 e. The molecule has 2 rings (SSSR count). The molecule has 0 bridgehead atoms. The van der Waals surface area contributed by atoms with Crippen molar-refractivity contribution in [3.8, 4) is 0 Å². The first-order chi connectivity index (χ1) is 8.87. The zero-order chi connectivity index (χ0) is 14.0. The van der Waals surface area contributed by atoms with Crippen molar-refractivity contribution in [1.29, 1.82) is 0 Å². The molecule has 1 unspecified atom stereocenters. The lowest BCUT2D eigenvalue weighted by atomic mass is 9.98. The summed E-state index contributed by atoms with van der Waals surface area (Å²) < 4.78 is 0. The zero-order valence-electron chi connectivity index (χ0n) is 11.2. The average molecular weight is 263 g/mol. The molecule has 104 valence electrons. The third kappa shape index (κ3) is 3.38. The molecule has 5 N–H and O–H groups in total. The van der Waals surface area contributed by atoms with E-state index in [2.05, 4.69) is 0 Å². The predicted molar refractivity (Wildman–Crippen MR) is 75.6 cm³/mol. The molecule has 0 spiro atoms. The van der Waals surface area contributed by atoms with Crippen molar-refractivity contribution in [1.82, 2.24) is 4.90 Å². The Morgan fingerprint density at radius 2 is 1.84 bits per heavy atom. The Labute approximate surface area is 113 Å². The van der Waals surface area contributed by atoms with Crippen molar-refractivity contribution in [2.75, 3.05) is 24.6 Å². The molecule has 1 atom stereocenters. The summed E-state index contributed by atoms with van der Waals surface area (Å²) in [5.74, 6) is -0.0725. The van der Waals surface area contributed by atoms with Crippen LogP contribution in [0.25, 0.3) is 0 Å². The number of carbonyl (C=O) groups is 1. The second-order valence-electron chi connectivity index (χ2n) is 5.53. The van der Waals surface area contributed by atoms with Crippen LogP contribution in [0, 0.1) is 0 Å². The van der Waals surface area contributed by atoms with Crippen LogP contribution >= 0.6 is 0 Å². The normalized spacial score (nSPS) is 24.0. The molecule has 1 aliphatic heterocycles. The number of amides is 1. The highest BCUT2D eigenvalue weighted by molar-refractivity contribution is 5.96. The molecule has 1 heterocycles. The fourth-order valence-electron chi connectivity index (χ4n) is 2.45. The van der Waals surface area contributed by atoms with Gasteiger partial charge in [-0.05, 0) is 44.4 Å². The number of hydrogen-bond acceptors (Lipinski definition) is 4. The van der Waals surface area contributed by atoms with E-state index in [1.165, 1.54) is 0 Å². The van der Waals surface area contributed by atoms with E-state index in [0.717, 1.165) is 12.8 Å². The van der Waals surface area contributed by atoms with Gasteiger partial charge in [-0.1, -0.05) is 0 Å². The number of hydrogen-bond donors (Lipinski definition) is 3. The minimum absolute atomic E-state index is 0.0725. The van der Waals surface area contributed by atoms with E-state index >= 15 is 0 Å². The van der Waals surface area contributed by atoms with Crippen LogP contribution in [0.4, 0.5) is 11.4 Å². The van der Waals surface area contributed by atoms with E-state index in [0.29, 0.717) is 36.4 Å². The number of nitrogens with zero attached hydrogens (tertiary/aromatic N) is 1. The smallest absolute Gasteiger partial charge is 0.254 e. The largest absolute Gasteiger partial charge is 0.399 e. The summed E-state index contributed by atoms with van der Waals surface area (Å²) in [7, 11) is 0. The molecule has 1 aliphatic rings. The molecular formula is C14H21N3O2. The van der Waals surface area contributed by atoms with Gasteiger partial charge in [-0.3, -0.25) is 4.79 Å². The van der Waals surface area contributed by atoms with Crippen LogP contribution < -0.4 is 11.5 Å². The number of nitrogen functional groups attached to an aromatic ring is 2. The van der Waals surface area contributed by atoms with E-state index in [4.69, 9.17) is 11.5 Å². The van der Waals surface area contributed by atoms with Crippen LogP contribution in [0.15, 0.2) is 18.2 Å². The van der Waals surface area contributed by atoms with Gasteiger partial charge < -0.3 is 21.5 Å². The maximum Gasteiger partial charge on any atom is 0.254 e. The van der Waals surface area contributed by atoms with E-state index in [1.807, 2.05) is 6.92 Å². The highest BCUT2D eigenvalue weighted by atomic mass is 16.3. The number of benzene rings is 1. The molecule has 0 aromatic heterocycles. The second-order valence-corrected chi connectivity index (χ2v) is 5.53. The molecule has 19 heavy (non-hydrogen) atoms. The van der Waals surface area contributed by atoms with Crippen LogP contribution in [0.5, 0.6) is 0 Å². The van der Waals surface area contributed by atoms with Crippen LogP contribution in [-0.2, 0) is 0 Å². The van der Waals surface area contributed by atoms with Crippen molar-refractivity contribution in [2.45, 2.75) is 31.8 Å². The molecule has 0 saturated carbocycles. The molecule has 1 fully saturated rings. The van der Waals surface area contributed by atoms with Gasteiger partial charge in [0.15, 0.2) is 0 Å². The molecule has 5 heteroatoms. The number of carbonyl (C=O) groups excluding carboxylic acids is 1. The lowest BCUT2D eigenvalue weighted by Crippen LogP contribution is -2.33. The van der Waals surface area contributed by atoms with E-state index in [-0.39, 0.29) is 5.91 Å². The van der Waals surface area contributed by atoms with Gasteiger partial charge in [-0.25, -0.2) is 0 Å². The van der Waals surface area contributed by atoms with E-state index < -0.39 is 5.60 Å². The summed E-state index contributed by atoms with van der Waals surface area (Å²) in [6.07, 6.45) is 2.11. The van der Waals surface area contributed by atoms with Crippen LogP contribution in [-0.4, -0.2) is 34.6 Å². The number of likely N-dealkylation sites (tertiary alicyclic amines) is 1. The summed E-state index contributed by atoms with van der Waals surface area (Å²) in [4.78, 5) is 14.2. The molecule has 1 saturated heterocycles. The Balaban J connectivity index is 2.15. The van der Waals surface area contributed by atoms with Gasteiger partial charge in [0.05, 0.1) is 5.60 Å². The van der Waals surface area contributed by atoms with Gasteiger partial charge in [0.1, 0.15) is 0 Å². The summed E-state index contributed by atoms with van der Waals surface area (Å²) in [5, 5.41) is 10.0. The predicted octanol–water partition coefficient (Wildman–Crippen LogP) is 1.23.